The molecule has 0 bridgehead atoms. The molecule has 84 heavy (non-hydrogen) atoms. The molecule has 1 fully saturated rings. The van der Waals surface area contributed by atoms with Gasteiger partial charge in [0.05, 0.1) is 9.75 Å². The van der Waals surface area contributed by atoms with Crippen molar-refractivity contribution in [3.63, 3.8) is 0 Å². The van der Waals surface area contributed by atoms with Crippen molar-refractivity contribution in [2.75, 3.05) is 28.2 Å². The van der Waals surface area contributed by atoms with Gasteiger partial charge in [0.1, 0.15) is 36.4 Å². The zero-order chi connectivity index (χ0) is 62.6. The van der Waals surface area contributed by atoms with Crippen LogP contribution in [0.2, 0.25) is 0 Å². The van der Waals surface area contributed by atoms with Crippen molar-refractivity contribution in [3.05, 3.63) is 112 Å². The number of cyclic esters (lactones) is 4. The SMILES string of the molecule is CC(C)C[C@H]1C(=O)O[C@H](Cc2ccc([C@H](O)c3sccc3Br)cc2)C(=O)N(C)[C@@H](CC(C)C)C(=O)O[C@H](C)C(=O)N(C)[C@@H](CC(C)C)C(=O)O[C@H](Cc2ccc([C@@H](O)c3sccc3Br)cc2)C(=O)N(C)[C@@H](CC(C)C)C(=O)O[C@H](C)C(=O)N1C. The molecule has 1 aliphatic heterocycles. The van der Waals surface area contributed by atoms with Crippen molar-refractivity contribution in [1.29, 1.82) is 0 Å². The van der Waals surface area contributed by atoms with Crippen molar-refractivity contribution >= 4 is 102 Å². The molecule has 22 heteroatoms. The molecule has 1 saturated heterocycles. The highest BCUT2D eigenvalue weighted by Crippen LogP contribution is 2.35. The van der Waals surface area contributed by atoms with Gasteiger partial charge in [-0.2, -0.15) is 0 Å². The quantitative estimate of drug-likeness (QED) is 0.0787. The summed E-state index contributed by atoms with van der Waals surface area (Å²) in [5.41, 5.74) is 2.16. The molecule has 2 N–H and O–H groups in total. The normalized spacial score (nSPS) is 23.5. The Balaban J connectivity index is 1.60. The molecule has 0 spiro atoms. The van der Waals surface area contributed by atoms with E-state index in [9.17, 15) is 39.0 Å². The van der Waals surface area contributed by atoms with Crippen LogP contribution in [0.4, 0.5) is 0 Å². The second-order valence-corrected chi connectivity index (χ2v) is 27.0. The monoisotopic (exact) mass is 1330 g/mol. The number of ether oxygens (including phenoxy) is 4. The highest BCUT2D eigenvalue weighted by atomic mass is 79.9. The van der Waals surface area contributed by atoms with E-state index in [1.807, 2.05) is 78.3 Å². The number of carbonyl (C=O) groups excluding carboxylic acids is 8. The summed E-state index contributed by atoms with van der Waals surface area (Å²) in [5.74, 6) is -7.87. The van der Waals surface area contributed by atoms with Crippen molar-refractivity contribution in [2.24, 2.45) is 23.7 Å². The number of aliphatic hydroxyl groups is 2. The third-order valence-corrected chi connectivity index (χ3v) is 18.5. The Bertz CT molecular complexity index is 2700. The van der Waals surface area contributed by atoms with Gasteiger partial charge in [0.2, 0.25) is 0 Å². The molecule has 0 radical (unpaired) electrons. The van der Waals surface area contributed by atoms with Crippen LogP contribution in [-0.2, 0) is 70.1 Å². The number of rotatable bonds is 16. The molecule has 0 saturated carbocycles. The zero-order valence-electron chi connectivity index (χ0n) is 50.4. The number of esters is 4. The lowest BCUT2D eigenvalue weighted by Gasteiger charge is -2.35. The van der Waals surface area contributed by atoms with Crippen LogP contribution < -0.4 is 0 Å². The Morgan fingerprint density at radius 3 is 0.940 bits per heavy atom. The lowest BCUT2D eigenvalue weighted by Crippen LogP contribution is -2.55. The van der Waals surface area contributed by atoms with Crippen LogP contribution in [0.1, 0.15) is 139 Å². The number of hydrogen-bond acceptors (Lipinski definition) is 16. The van der Waals surface area contributed by atoms with E-state index in [0.717, 1.165) is 28.5 Å². The van der Waals surface area contributed by atoms with Gasteiger partial charge in [-0.15, -0.1) is 22.7 Å². The van der Waals surface area contributed by atoms with E-state index in [0.29, 0.717) is 32.0 Å². The van der Waals surface area contributed by atoms with E-state index in [2.05, 4.69) is 31.9 Å². The number of amides is 4. The topological polar surface area (TPSA) is 227 Å². The average Bonchev–Trinajstić information content (AvgIpc) is 4.23. The minimum atomic E-state index is -1.60. The molecule has 5 rings (SSSR count). The van der Waals surface area contributed by atoms with Gasteiger partial charge in [-0.25, -0.2) is 19.2 Å². The molecule has 2 aromatic carbocycles. The standard InChI is InChI=1S/C62H82Br2N4O14S2/c1-33(2)27-45-59(75)79-37(9)55(71)65(11)48(30-36(7)8)62(78)82-50(32-40-17-21-42(22-18-40)52(70)54-44(64)24-26-84-54)58(74)68(14)46(28-34(3)4)60(76)80-38(10)56(72)66(12)47(29-35(5)6)61(77)81-49(57(73)67(45)13)31-39-15-19-41(20-16-39)51(69)53-43(63)23-25-83-53/h15-26,33-38,45-52,69-70H,27-32H2,1-14H3/t37-,38-,45+,46+,47+,48+,49-,50-,51-,52+/m1/s1. The summed E-state index contributed by atoms with van der Waals surface area (Å²) < 4.78 is 25.6. The molecule has 3 heterocycles. The fourth-order valence-electron chi connectivity index (χ4n) is 9.88. The predicted octanol–water partition coefficient (Wildman–Crippen LogP) is 9.48. The summed E-state index contributed by atoms with van der Waals surface area (Å²) in [5, 5.41) is 26.1. The minimum absolute atomic E-state index is 0.0487. The summed E-state index contributed by atoms with van der Waals surface area (Å²) in [6.07, 6.45) is -8.40. The number of likely N-dealkylation sites (N-methyl/N-ethyl adjacent to an activating group) is 4. The van der Waals surface area contributed by atoms with Gasteiger partial charge in [-0.1, -0.05) is 104 Å². The molecule has 460 valence electrons. The van der Waals surface area contributed by atoms with Gasteiger partial charge in [0.15, 0.2) is 24.4 Å². The van der Waals surface area contributed by atoms with E-state index < -0.39 is 108 Å². The first-order valence-electron chi connectivity index (χ1n) is 28.3. The number of halogens is 2. The predicted molar refractivity (Wildman–Crippen MR) is 327 cm³/mol. The average molecular weight is 1330 g/mol. The van der Waals surface area contributed by atoms with Crippen LogP contribution in [0, 0.1) is 23.7 Å². The van der Waals surface area contributed by atoms with Gasteiger partial charge in [-0.05, 0) is 140 Å². The van der Waals surface area contributed by atoms with Crippen LogP contribution in [0.5, 0.6) is 0 Å². The maximum Gasteiger partial charge on any atom is 0.329 e. The molecular formula is C62H82Br2N4O14S2. The first kappa shape index (κ1) is 69.3. The molecule has 0 unspecified atom stereocenters. The lowest BCUT2D eigenvalue weighted by molar-refractivity contribution is -0.176. The molecular weight excluding hydrogens is 1250 g/mol. The summed E-state index contributed by atoms with van der Waals surface area (Å²) in [4.78, 5) is 123. The van der Waals surface area contributed by atoms with Gasteiger partial charge in [-0.3, -0.25) is 19.2 Å². The van der Waals surface area contributed by atoms with Crippen LogP contribution in [0.3, 0.4) is 0 Å². The van der Waals surface area contributed by atoms with E-state index in [1.165, 1.54) is 64.7 Å². The third-order valence-electron chi connectivity index (χ3n) is 14.7. The zero-order valence-corrected chi connectivity index (χ0v) is 55.2. The maximum absolute atomic E-state index is 15.0. The van der Waals surface area contributed by atoms with Crippen molar-refractivity contribution < 1.29 is 67.5 Å². The highest BCUT2D eigenvalue weighted by molar-refractivity contribution is 9.11. The Morgan fingerprint density at radius 2 is 0.690 bits per heavy atom. The van der Waals surface area contributed by atoms with Gasteiger partial charge < -0.3 is 48.8 Å². The number of carbonyl (C=O) groups is 8. The van der Waals surface area contributed by atoms with Gasteiger partial charge in [0.25, 0.3) is 23.6 Å². The fourth-order valence-corrected chi connectivity index (χ4v) is 13.1. The Kier molecular flexibility index (Phi) is 25.7. The summed E-state index contributed by atoms with van der Waals surface area (Å²) in [6.45, 7) is 17.3. The second-order valence-electron chi connectivity index (χ2n) is 23.3. The number of aliphatic hydroxyl groups excluding tert-OH is 2. The third kappa shape index (κ3) is 18.3. The highest BCUT2D eigenvalue weighted by Gasteiger charge is 2.43. The van der Waals surface area contributed by atoms with Crippen LogP contribution in [0.15, 0.2) is 80.4 Å². The Morgan fingerprint density at radius 1 is 0.429 bits per heavy atom. The van der Waals surface area contributed by atoms with Crippen LogP contribution in [0.25, 0.3) is 0 Å². The first-order chi connectivity index (χ1) is 39.4. The molecule has 1 aliphatic rings. The molecule has 4 amide bonds. The molecule has 2 aromatic heterocycles. The van der Waals surface area contributed by atoms with Crippen LogP contribution >= 0.6 is 54.5 Å². The van der Waals surface area contributed by atoms with Gasteiger partial charge >= 0.3 is 23.9 Å². The lowest BCUT2D eigenvalue weighted by atomic mass is 9.99. The molecule has 18 nitrogen and oxygen atoms in total. The first-order valence-corrected chi connectivity index (χ1v) is 31.6. The fraction of sp³-hybridized carbons (Fsp3) is 0.548. The second kappa shape index (κ2) is 31.2. The maximum atomic E-state index is 15.0. The van der Waals surface area contributed by atoms with Crippen molar-refractivity contribution in [1.82, 2.24) is 19.6 Å². The minimum Gasteiger partial charge on any atom is -0.451 e. The Labute approximate surface area is 518 Å². The van der Waals surface area contributed by atoms with Crippen molar-refractivity contribution in [2.45, 2.75) is 169 Å². The summed E-state index contributed by atoms with van der Waals surface area (Å²) in [6, 6.07) is 11.9. The van der Waals surface area contributed by atoms with E-state index in [4.69, 9.17) is 18.9 Å². The Hall–Kier alpha value is -5.52. The molecule has 4 aromatic rings. The number of benzene rings is 2. The largest absolute Gasteiger partial charge is 0.451 e. The van der Waals surface area contributed by atoms with E-state index in [1.54, 1.807) is 48.5 Å². The summed E-state index contributed by atoms with van der Waals surface area (Å²) >= 11 is 9.70. The molecule has 10 atom stereocenters. The number of thiophene rings is 2. The number of hydrogen-bond donors (Lipinski definition) is 2. The van der Waals surface area contributed by atoms with E-state index >= 15 is 9.59 Å². The number of nitrogens with zero attached hydrogens (tertiary/aromatic N) is 4. The van der Waals surface area contributed by atoms with E-state index in [-0.39, 0.29) is 62.2 Å². The summed E-state index contributed by atoms with van der Waals surface area (Å²) in [7, 11) is 5.46. The van der Waals surface area contributed by atoms with Crippen molar-refractivity contribution in [3.8, 4) is 0 Å². The van der Waals surface area contributed by atoms with Gasteiger partial charge in [0, 0.05) is 50.0 Å². The smallest absolute Gasteiger partial charge is 0.329 e. The van der Waals surface area contributed by atoms with Crippen LogP contribution in [-0.4, -0.2) is 154 Å². The molecule has 0 aliphatic carbocycles.